The molecule has 0 aliphatic carbocycles. The van der Waals surface area contributed by atoms with Crippen LogP contribution in [0.15, 0.2) is 30.3 Å². The molecule has 1 fully saturated rings. The predicted octanol–water partition coefficient (Wildman–Crippen LogP) is 1.89. The number of rotatable bonds is 4. The van der Waals surface area contributed by atoms with Crippen LogP contribution in [0.1, 0.15) is 37.6 Å². The van der Waals surface area contributed by atoms with Gasteiger partial charge in [-0.15, -0.1) is 0 Å². The molecular formula is C19H27N3O4. The lowest BCUT2D eigenvalue weighted by molar-refractivity contribution is -0.132. The maximum atomic E-state index is 12.3. The molecule has 1 aliphatic heterocycles. The number of hydrogen-bond donors (Lipinski definition) is 1. The number of piperazine rings is 1. The normalized spacial score (nSPS) is 14.7. The van der Waals surface area contributed by atoms with Crippen molar-refractivity contribution in [2.24, 2.45) is 0 Å². The molecule has 0 spiro atoms. The lowest BCUT2D eigenvalue weighted by Crippen LogP contribution is -2.52. The lowest BCUT2D eigenvalue weighted by Gasteiger charge is -2.35. The molecule has 0 atom stereocenters. The van der Waals surface area contributed by atoms with Crippen LogP contribution in [-0.4, -0.2) is 66.0 Å². The van der Waals surface area contributed by atoms with E-state index in [-0.39, 0.29) is 24.3 Å². The van der Waals surface area contributed by atoms with Crippen LogP contribution in [0.5, 0.6) is 0 Å². The molecule has 1 aromatic carbocycles. The van der Waals surface area contributed by atoms with Crippen molar-refractivity contribution < 1.29 is 19.1 Å². The van der Waals surface area contributed by atoms with E-state index in [0.29, 0.717) is 38.3 Å². The number of benzene rings is 1. The summed E-state index contributed by atoms with van der Waals surface area (Å²) in [4.78, 5) is 39.6. The van der Waals surface area contributed by atoms with Gasteiger partial charge < -0.3 is 19.9 Å². The van der Waals surface area contributed by atoms with Gasteiger partial charge in [-0.05, 0) is 32.9 Å². The largest absolute Gasteiger partial charge is 0.444 e. The van der Waals surface area contributed by atoms with Gasteiger partial charge in [-0.1, -0.05) is 18.2 Å². The summed E-state index contributed by atoms with van der Waals surface area (Å²) >= 11 is 0. The number of hydrogen-bond acceptors (Lipinski definition) is 4. The van der Waals surface area contributed by atoms with Gasteiger partial charge in [0.1, 0.15) is 5.60 Å². The molecule has 0 saturated carbocycles. The Morgan fingerprint density at radius 3 is 2.15 bits per heavy atom. The van der Waals surface area contributed by atoms with E-state index in [4.69, 9.17) is 4.74 Å². The fourth-order valence-electron chi connectivity index (χ4n) is 2.60. The Kier molecular flexibility index (Phi) is 6.60. The summed E-state index contributed by atoms with van der Waals surface area (Å²) < 4.78 is 5.34. The number of nitrogens with one attached hydrogen (secondary N) is 1. The highest BCUT2D eigenvalue weighted by Crippen LogP contribution is 2.12. The van der Waals surface area contributed by atoms with Gasteiger partial charge in [-0.3, -0.25) is 9.59 Å². The minimum atomic E-state index is -0.527. The summed E-state index contributed by atoms with van der Waals surface area (Å²) in [6, 6.07) is 8.89. The molecule has 7 heteroatoms. The molecule has 0 aromatic heterocycles. The minimum Gasteiger partial charge on any atom is -0.444 e. The summed E-state index contributed by atoms with van der Waals surface area (Å²) in [5.41, 5.74) is 0.0481. The van der Waals surface area contributed by atoms with Crippen molar-refractivity contribution >= 4 is 17.9 Å². The Morgan fingerprint density at radius 2 is 1.58 bits per heavy atom. The van der Waals surface area contributed by atoms with Crippen molar-refractivity contribution in [3.05, 3.63) is 35.9 Å². The van der Waals surface area contributed by atoms with Crippen LogP contribution in [0, 0.1) is 0 Å². The van der Waals surface area contributed by atoms with Gasteiger partial charge in [0.25, 0.3) is 5.91 Å². The van der Waals surface area contributed by atoms with Crippen molar-refractivity contribution in [1.29, 1.82) is 0 Å². The number of ether oxygens (including phenoxy) is 1. The summed E-state index contributed by atoms with van der Waals surface area (Å²) in [7, 11) is 0. The van der Waals surface area contributed by atoms with Gasteiger partial charge in [-0.25, -0.2) is 4.79 Å². The zero-order valence-electron chi connectivity index (χ0n) is 15.7. The van der Waals surface area contributed by atoms with Crippen LogP contribution in [-0.2, 0) is 9.53 Å². The molecule has 1 heterocycles. The molecule has 26 heavy (non-hydrogen) atoms. The number of amides is 3. The molecule has 1 N–H and O–H groups in total. The minimum absolute atomic E-state index is 0.0257. The number of nitrogens with zero attached hydrogens (tertiary/aromatic N) is 2. The molecule has 1 aromatic rings. The van der Waals surface area contributed by atoms with Crippen molar-refractivity contribution in [2.45, 2.75) is 32.8 Å². The first-order valence-electron chi connectivity index (χ1n) is 8.85. The van der Waals surface area contributed by atoms with Crippen molar-refractivity contribution in [3.63, 3.8) is 0 Å². The fourth-order valence-corrected chi connectivity index (χ4v) is 2.60. The smallest absolute Gasteiger partial charge is 0.410 e. The first-order valence-corrected chi connectivity index (χ1v) is 8.85. The van der Waals surface area contributed by atoms with Crippen molar-refractivity contribution in [1.82, 2.24) is 15.1 Å². The third-order valence-electron chi connectivity index (χ3n) is 3.94. The summed E-state index contributed by atoms with van der Waals surface area (Å²) in [5, 5.41) is 2.75. The van der Waals surface area contributed by atoms with Crippen LogP contribution < -0.4 is 5.32 Å². The predicted molar refractivity (Wildman–Crippen MR) is 97.8 cm³/mol. The number of carbonyl (C=O) groups is 3. The molecule has 7 nitrogen and oxygen atoms in total. The van der Waals surface area contributed by atoms with Crippen molar-refractivity contribution in [3.8, 4) is 0 Å². The maximum absolute atomic E-state index is 12.3. The van der Waals surface area contributed by atoms with Crippen LogP contribution >= 0.6 is 0 Å². The quantitative estimate of drug-likeness (QED) is 0.888. The fraction of sp³-hybridized carbons (Fsp3) is 0.526. The summed E-state index contributed by atoms with van der Waals surface area (Å²) in [5.74, 6) is -0.213. The topological polar surface area (TPSA) is 79.0 Å². The Bertz CT molecular complexity index is 632. The van der Waals surface area contributed by atoms with E-state index in [1.807, 2.05) is 26.8 Å². The van der Waals surface area contributed by atoms with E-state index in [1.54, 1.807) is 34.1 Å². The van der Waals surface area contributed by atoms with E-state index in [0.717, 1.165) is 0 Å². The van der Waals surface area contributed by atoms with Gasteiger partial charge in [-0.2, -0.15) is 0 Å². The summed E-state index contributed by atoms with van der Waals surface area (Å²) in [6.45, 7) is 7.64. The molecule has 142 valence electrons. The SMILES string of the molecule is CC(C)(C)OC(=O)N1CCN(C(=O)CCNC(=O)c2ccccc2)CC1. The molecule has 2 rings (SSSR count). The van der Waals surface area contributed by atoms with Crippen LogP contribution in [0.4, 0.5) is 4.79 Å². The first-order chi connectivity index (χ1) is 12.3. The molecule has 1 saturated heterocycles. The molecule has 1 aliphatic rings. The van der Waals surface area contributed by atoms with Gasteiger partial charge in [0.15, 0.2) is 0 Å². The highest BCUT2D eigenvalue weighted by atomic mass is 16.6. The molecule has 3 amide bonds. The molecular weight excluding hydrogens is 334 g/mol. The molecule has 0 unspecified atom stereocenters. The van der Waals surface area contributed by atoms with Gasteiger partial charge in [0, 0.05) is 44.7 Å². The highest BCUT2D eigenvalue weighted by molar-refractivity contribution is 5.94. The third kappa shape index (κ3) is 6.06. The monoisotopic (exact) mass is 361 g/mol. The Balaban J connectivity index is 1.70. The average Bonchev–Trinajstić information content (AvgIpc) is 2.61. The maximum Gasteiger partial charge on any atom is 0.410 e. The Morgan fingerprint density at radius 1 is 1.00 bits per heavy atom. The second kappa shape index (κ2) is 8.69. The second-order valence-corrected chi connectivity index (χ2v) is 7.22. The van der Waals surface area contributed by atoms with Crippen LogP contribution in [0.3, 0.4) is 0 Å². The van der Waals surface area contributed by atoms with Crippen LogP contribution in [0.2, 0.25) is 0 Å². The third-order valence-corrected chi connectivity index (χ3v) is 3.94. The first kappa shape index (κ1) is 19.8. The van der Waals surface area contributed by atoms with Gasteiger partial charge >= 0.3 is 6.09 Å². The molecule has 0 bridgehead atoms. The summed E-state index contributed by atoms with van der Waals surface area (Å²) in [6.07, 6.45) is -0.106. The lowest BCUT2D eigenvalue weighted by atomic mass is 10.2. The van der Waals surface area contributed by atoms with E-state index in [1.165, 1.54) is 0 Å². The zero-order valence-corrected chi connectivity index (χ0v) is 15.7. The Hall–Kier alpha value is -2.57. The standard InChI is InChI=1S/C19H27N3O4/c1-19(2,3)26-18(25)22-13-11-21(12-14-22)16(23)9-10-20-17(24)15-7-5-4-6-8-15/h4-8H,9-14H2,1-3H3,(H,20,24). The Labute approximate surface area is 154 Å². The van der Waals surface area contributed by atoms with E-state index in [2.05, 4.69) is 5.32 Å². The zero-order chi connectivity index (χ0) is 19.2. The molecule has 0 radical (unpaired) electrons. The van der Waals surface area contributed by atoms with E-state index < -0.39 is 5.60 Å². The van der Waals surface area contributed by atoms with Crippen molar-refractivity contribution in [2.75, 3.05) is 32.7 Å². The van der Waals surface area contributed by atoms with Gasteiger partial charge in [0.2, 0.25) is 5.91 Å². The number of carbonyl (C=O) groups excluding carboxylic acids is 3. The average molecular weight is 361 g/mol. The van der Waals surface area contributed by atoms with E-state index >= 15 is 0 Å². The highest BCUT2D eigenvalue weighted by Gasteiger charge is 2.27. The van der Waals surface area contributed by atoms with Gasteiger partial charge in [0.05, 0.1) is 0 Å². The second-order valence-electron chi connectivity index (χ2n) is 7.22. The van der Waals surface area contributed by atoms with E-state index in [9.17, 15) is 14.4 Å². The van der Waals surface area contributed by atoms with Crippen LogP contribution in [0.25, 0.3) is 0 Å².